The molecule has 0 spiro atoms. The molecule has 2 aliphatic heterocycles. The monoisotopic (exact) mass is 244 g/mol. The highest BCUT2D eigenvalue weighted by molar-refractivity contribution is 7.99. The van der Waals surface area contributed by atoms with Crippen molar-refractivity contribution >= 4 is 11.8 Å². The molecule has 2 heterocycles. The molecule has 0 aromatic heterocycles. The highest BCUT2D eigenvalue weighted by atomic mass is 32.2. The Bertz CT molecular complexity index is 203. The van der Waals surface area contributed by atoms with E-state index in [1.807, 2.05) is 0 Å². The molecule has 0 aromatic rings. The summed E-state index contributed by atoms with van der Waals surface area (Å²) >= 11 is 2.08. The van der Waals surface area contributed by atoms with Crippen molar-refractivity contribution in [3.8, 4) is 0 Å². The SMILES string of the molecule is CN(C1CCOCC1)C(CN)C1CCSC1. The second-order valence-electron chi connectivity index (χ2n) is 4.94. The van der Waals surface area contributed by atoms with E-state index in [1.54, 1.807) is 0 Å². The van der Waals surface area contributed by atoms with Crippen molar-refractivity contribution in [2.24, 2.45) is 11.7 Å². The molecular weight excluding hydrogens is 220 g/mol. The Morgan fingerprint density at radius 2 is 2.12 bits per heavy atom. The minimum absolute atomic E-state index is 0.582. The molecule has 2 saturated heterocycles. The molecule has 16 heavy (non-hydrogen) atoms. The standard InChI is InChI=1S/C12H24N2OS/c1-14(11-2-5-15-6-3-11)12(8-13)10-4-7-16-9-10/h10-12H,2-9,13H2,1H3. The largest absolute Gasteiger partial charge is 0.381 e. The first-order chi connectivity index (χ1) is 7.83. The van der Waals surface area contributed by atoms with Crippen molar-refractivity contribution in [2.45, 2.75) is 31.3 Å². The van der Waals surface area contributed by atoms with Gasteiger partial charge in [-0.15, -0.1) is 0 Å². The van der Waals surface area contributed by atoms with Crippen molar-refractivity contribution in [3.05, 3.63) is 0 Å². The topological polar surface area (TPSA) is 38.5 Å². The van der Waals surface area contributed by atoms with Crippen LogP contribution in [-0.2, 0) is 4.74 Å². The summed E-state index contributed by atoms with van der Waals surface area (Å²) in [7, 11) is 2.26. The molecule has 2 rings (SSSR count). The lowest BCUT2D eigenvalue weighted by atomic mass is 9.95. The second kappa shape index (κ2) is 6.24. The lowest BCUT2D eigenvalue weighted by Gasteiger charge is -2.39. The first-order valence-corrected chi connectivity index (χ1v) is 7.56. The van der Waals surface area contributed by atoms with Crippen LogP contribution in [0.1, 0.15) is 19.3 Å². The van der Waals surface area contributed by atoms with Crippen LogP contribution in [0.5, 0.6) is 0 Å². The molecule has 0 amide bonds. The normalized spacial score (nSPS) is 29.8. The molecule has 3 nitrogen and oxygen atoms in total. The molecule has 0 aromatic carbocycles. The summed E-state index contributed by atoms with van der Waals surface area (Å²) in [4.78, 5) is 2.54. The van der Waals surface area contributed by atoms with Crippen molar-refractivity contribution in [2.75, 3.05) is 38.3 Å². The average molecular weight is 244 g/mol. The molecule has 2 fully saturated rings. The van der Waals surface area contributed by atoms with Crippen LogP contribution in [0.4, 0.5) is 0 Å². The number of nitrogens with two attached hydrogens (primary N) is 1. The molecular formula is C12H24N2OS. The van der Waals surface area contributed by atoms with Gasteiger partial charge in [-0.25, -0.2) is 0 Å². The summed E-state index contributed by atoms with van der Waals surface area (Å²) in [6, 6.07) is 1.27. The van der Waals surface area contributed by atoms with Gasteiger partial charge in [-0.3, -0.25) is 4.90 Å². The van der Waals surface area contributed by atoms with Crippen LogP contribution in [-0.4, -0.2) is 55.3 Å². The molecule has 4 heteroatoms. The summed E-state index contributed by atoms with van der Waals surface area (Å²) in [6.45, 7) is 2.65. The first-order valence-electron chi connectivity index (χ1n) is 6.40. The van der Waals surface area contributed by atoms with Gasteiger partial charge in [-0.05, 0) is 43.7 Å². The van der Waals surface area contributed by atoms with Crippen LogP contribution in [0.2, 0.25) is 0 Å². The van der Waals surface area contributed by atoms with Gasteiger partial charge in [0.15, 0.2) is 0 Å². The maximum atomic E-state index is 5.98. The van der Waals surface area contributed by atoms with Crippen LogP contribution < -0.4 is 5.73 Å². The fourth-order valence-electron chi connectivity index (χ4n) is 2.91. The number of nitrogens with zero attached hydrogens (tertiary/aromatic N) is 1. The summed E-state index contributed by atoms with van der Waals surface area (Å²) in [6.07, 6.45) is 3.69. The van der Waals surface area contributed by atoms with E-state index < -0.39 is 0 Å². The Labute approximate surface area is 103 Å². The Kier molecular flexibility index (Phi) is 4.95. The smallest absolute Gasteiger partial charge is 0.0480 e. The van der Waals surface area contributed by atoms with E-state index in [1.165, 1.54) is 30.8 Å². The van der Waals surface area contributed by atoms with Gasteiger partial charge >= 0.3 is 0 Å². The Balaban J connectivity index is 1.90. The minimum atomic E-state index is 0.582. The predicted octanol–water partition coefficient (Wildman–Crippen LogP) is 1.18. The van der Waals surface area contributed by atoms with Gasteiger partial charge in [0.25, 0.3) is 0 Å². The Morgan fingerprint density at radius 1 is 1.38 bits per heavy atom. The van der Waals surface area contributed by atoms with E-state index in [4.69, 9.17) is 10.5 Å². The molecule has 94 valence electrons. The minimum Gasteiger partial charge on any atom is -0.381 e. The lowest BCUT2D eigenvalue weighted by Crippen LogP contribution is -2.50. The quantitative estimate of drug-likeness (QED) is 0.806. The highest BCUT2D eigenvalue weighted by Gasteiger charge is 2.31. The Morgan fingerprint density at radius 3 is 2.69 bits per heavy atom. The number of rotatable bonds is 4. The van der Waals surface area contributed by atoms with E-state index in [9.17, 15) is 0 Å². The second-order valence-corrected chi connectivity index (χ2v) is 6.09. The van der Waals surface area contributed by atoms with E-state index in [0.717, 1.165) is 25.7 Å². The summed E-state index contributed by atoms with van der Waals surface area (Å²) in [5.41, 5.74) is 5.98. The maximum absolute atomic E-state index is 5.98. The molecule has 2 unspecified atom stereocenters. The Hall–Kier alpha value is 0.230. The fraction of sp³-hybridized carbons (Fsp3) is 1.00. The molecule has 0 bridgehead atoms. The number of ether oxygens (including phenoxy) is 1. The van der Waals surface area contributed by atoms with Gasteiger partial charge in [0.2, 0.25) is 0 Å². The molecule has 2 atom stereocenters. The number of hydrogen-bond donors (Lipinski definition) is 1. The van der Waals surface area contributed by atoms with E-state index >= 15 is 0 Å². The third-order valence-electron chi connectivity index (χ3n) is 4.04. The summed E-state index contributed by atoms with van der Waals surface area (Å²) in [5, 5.41) is 0. The van der Waals surface area contributed by atoms with Gasteiger partial charge in [-0.1, -0.05) is 0 Å². The van der Waals surface area contributed by atoms with Crippen molar-refractivity contribution in [3.63, 3.8) is 0 Å². The van der Waals surface area contributed by atoms with E-state index in [-0.39, 0.29) is 0 Å². The third kappa shape index (κ3) is 2.92. The van der Waals surface area contributed by atoms with Crippen molar-refractivity contribution in [1.29, 1.82) is 0 Å². The van der Waals surface area contributed by atoms with E-state index in [2.05, 4.69) is 23.7 Å². The van der Waals surface area contributed by atoms with Crippen LogP contribution in [0.15, 0.2) is 0 Å². The van der Waals surface area contributed by atoms with Crippen molar-refractivity contribution < 1.29 is 4.74 Å². The fourth-order valence-corrected chi connectivity index (χ4v) is 4.24. The van der Waals surface area contributed by atoms with Gasteiger partial charge in [0, 0.05) is 31.8 Å². The zero-order valence-corrected chi connectivity index (χ0v) is 11.0. The zero-order valence-electron chi connectivity index (χ0n) is 10.2. The van der Waals surface area contributed by atoms with Crippen LogP contribution in [0.3, 0.4) is 0 Å². The van der Waals surface area contributed by atoms with E-state index in [0.29, 0.717) is 12.1 Å². The molecule has 0 saturated carbocycles. The molecule has 2 aliphatic rings. The zero-order chi connectivity index (χ0) is 11.4. The van der Waals surface area contributed by atoms with Gasteiger partial charge < -0.3 is 10.5 Å². The van der Waals surface area contributed by atoms with Gasteiger partial charge in [-0.2, -0.15) is 11.8 Å². The summed E-state index contributed by atoms with van der Waals surface area (Å²) < 4.78 is 5.43. The van der Waals surface area contributed by atoms with Gasteiger partial charge in [0.1, 0.15) is 0 Å². The predicted molar refractivity (Wildman–Crippen MR) is 69.9 cm³/mol. The van der Waals surface area contributed by atoms with Crippen molar-refractivity contribution in [1.82, 2.24) is 4.90 Å². The lowest BCUT2D eigenvalue weighted by molar-refractivity contribution is 0.0212. The van der Waals surface area contributed by atoms with Gasteiger partial charge in [0.05, 0.1) is 0 Å². The van der Waals surface area contributed by atoms with Crippen LogP contribution in [0.25, 0.3) is 0 Å². The maximum Gasteiger partial charge on any atom is 0.0480 e. The summed E-state index contributed by atoms with van der Waals surface area (Å²) in [5.74, 6) is 3.43. The molecule has 2 N–H and O–H groups in total. The van der Waals surface area contributed by atoms with Crippen LogP contribution >= 0.6 is 11.8 Å². The number of hydrogen-bond acceptors (Lipinski definition) is 4. The highest BCUT2D eigenvalue weighted by Crippen LogP contribution is 2.29. The first kappa shape index (κ1) is 12.7. The number of thioether (sulfide) groups is 1. The van der Waals surface area contributed by atoms with Crippen LogP contribution in [0, 0.1) is 5.92 Å². The average Bonchev–Trinajstić information content (AvgIpc) is 2.85. The molecule has 0 aliphatic carbocycles. The third-order valence-corrected chi connectivity index (χ3v) is 5.23. The molecule has 0 radical (unpaired) electrons. The number of likely N-dealkylation sites (N-methyl/N-ethyl adjacent to an activating group) is 1.